The van der Waals surface area contributed by atoms with E-state index in [1.54, 1.807) is 0 Å². The molecule has 0 aliphatic rings. The Morgan fingerprint density at radius 1 is 1.20 bits per heavy atom. The lowest BCUT2D eigenvalue weighted by atomic mass is 10.5. The van der Waals surface area contributed by atoms with Crippen LogP contribution in [-0.2, 0) is 3.79 Å². The van der Waals surface area contributed by atoms with Crippen LogP contribution in [0.3, 0.4) is 0 Å². The highest BCUT2D eigenvalue weighted by Gasteiger charge is 2.24. The molecule has 0 atom stereocenters. The molecule has 0 saturated carbocycles. The van der Waals surface area contributed by atoms with E-state index in [-0.39, 0.29) is 0 Å². The Kier molecular flexibility index (Phi) is 2.34. The summed E-state index contributed by atoms with van der Waals surface area (Å²) in [6.07, 6.45) is 4.39. The minimum atomic E-state index is -1.46. The van der Waals surface area contributed by atoms with Crippen molar-refractivity contribution in [1.82, 2.24) is 9.97 Å². The summed E-state index contributed by atoms with van der Waals surface area (Å²) in [5.41, 5.74) is 0.333. The number of halogens is 3. The van der Waals surface area contributed by atoms with E-state index in [1.807, 2.05) is 0 Å². The number of hydrogen-bond donors (Lipinski definition) is 0. The van der Waals surface area contributed by atoms with E-state index in [4.69, 9.17) is 34.8 Å². The minimum Gasteiger partial charge on any atom is -0.261 e. The smallest absolute Gasteiger partial charge is 0.234 e. The van der Waals surface area contributed by atoms with Gasteiger partial charge in [0.1, 0.15) is 5.69 Å². The first-order valence-corrected chi connectivity index (χ1v) is 3.57. The Labute approximate surface area is 73.1 Å². The van der Waals surface area contributed by atoms with Crippen LogP contribution in [-0.4, -0.2) is 9.97 Å². The molecule has 0 radical (unpaired) electrons. The van der Waals surface area contributed by atoms with Crippen LogP contribution in [0, 0.1) is 0 Å². The first kappa shape index (κ1) is 8.05. The maximum Gasteiger partial charge on any atom is 0.234 e. The molecule has 5 heteroatoms. The molecule has 0 bridgehead atoms. The fraction of sp³-hybridized carbons (Fsp3) is 0.200. The van der Waals surface area contributed by atoms with Crippen LogP contribution in [0.1, 0.15) is 5.69 Å². The predicted molar refractivity (Wildman–Crippen MR) is 41.3 cm³/mol. The lowest BCUT2D eigenvalue weighted by Crippen LogP contribution is -2.02. The van der Waals surface area contributed by atoms with Crippen molar-refractivity contribution in [3.63, 3.8) is 0 Å². The largest absolute Gasteiger partial charge is 0.261 e. The first-order chi connectivity index (χ1) is 4.61. The van der Waals surface area contributed by atoms with Gasteiger partial charge in [-0.15, -0.1) is 0 Å². The van der Waals surface area contributed by atoms with Crippen LogP contribution in [0.5, 0.6) is 0 Å². The van der Waals surface area contributed by atoms with Gasteiger partial charge in [0, 0.05) is 12.4 Å². The third-order valence-electron chi connectivity index (χ3n) is 0.854. The van der Waals surface area contributed by atoms with Gasteiger partial charge in [-0.2, -0.15) is 0 Å². The highest BCUT2D eigenvalue weighted by Crippen LogP contribution is 2.35. The van der Waals surface area contributed by atoms with Crippen molar-refractivity contribution in [2.24, 2.45) is 0 Å². The summed E-state index contributed by atoms with van der Waals surface area (Å²) in [4.78, 5) is 7.53. The highest BCUT2D eigenvalue weighted by atomic mass is 35.6. The van der Waals surface area contributed by atoms with Gasteiger partial charge in [-0.25, -0.2) is 0 Å². The predicted octanol–water partition coefficient (Wildman–Crippen LogP) is 2.30. The first-order valence-electron chi connectivity index (χ1n) is 2.44. The third kappa shape index (κ3) is 1.97. The van der Waals surface area contributed by atoms with Crippen molar-refractivity contribution in [3.05, 3.63) is 24.3 Å². The summed E-state index contributed by atoms with van der Waals surface area (Å²) in [6, 6.07) is 0. The molecular weight excluding hydrogens is 194 g/mol. The van der Waals surface area contributed by atoms with Gasteiger partial charge < -0.3 is 0 Å². The highest BCUT2D eigenvalue weighted by molar-refractivity contribution is 6.66. The van der Waals surface area contributed by atoms with Gasteiger partial charge in [0.15, 0.2) is 0 Å². The van der Waals surface area contributed by atoms with Gasteiger partial charge in [-0.05, 0) is 0 Å². The molecule has 0 fully saturated rings. The molecule has 0 spiro atoms. The SMILES string of the molecule is ClC(Cl)(Cl)c1cnccn1. The number of nitrogens with zero attached hydrogens (tertiary/aromatic N) is 2. The molecule has 0 saturated heterocycles. The van der Waals surface area contributed by atoms with Crippen molar-refractivity contribution < 1.29 is 0 Å². The molecule has 54 valence electrons. The zero-order valence-corrected chi connectivity index (χ0v) is 7.03. The topological polar surface area (TPSA) is 25.8 Å². The second-order valence-corrected chi connectivity index (χ2v) is 3.87. The number of rotatable bonds is 0. The van der Waals surface area contributed by atoms with Crippen LogP contribution in [0.15, 0.2) is 18.6 Å². The van der Waals surface area contributed by atoms with Crippen molar-refractivity contribution in [2.45, 2.75) is 3.79 Å². The van der Waals surface area contributed by atoms with Gasteiger partial charge >= 0.3 is 0 Å². The standard InChI is InChI=1S/C5H3Cl3N2/c6-5(7,8)4-3-9-1-2-10-4/h1-3H. The van der Waals surface area contributed by atoms with Crippen LogP contribution in [0.4, 0.5) is 0 Å². The second kappa shape index (κ2) is 2.91. The Morgan fingerprint density at radius 2 is 1.90 bits per heavy atom. The van der Waals surface area contributed by atoms with E-state index in [9.17, 15) is 0 Å². The molecule has 0 aromatic carbocycles. The molecule has 0 aliphatic heterocycles. The number of aromatic nitrogens is 2. The lowest BCUT2D eigenvalue weighted by molar-refractivity contribution is 1.04. The van der Waals surface area contributed by atoms with Crippen molar-refractivity contribution in [1.29, 1.82) is 0 Å². The maximum atomic E-state index is 5.49. The van der Waals surface area contributed by atoms with E-state index in [2.05, 4.69) is 9.97 Å². The maximum absolute atomic E-state index is 5.49. The van der Waals surface area contributed by atoms with E-state index in [0.29, 0.717) is 5.69 Å². The molecule has 0 amide bonds. The lowest BCUT2D eigenvalue weighted by Gasteiger charge is -2.07. The molecule has 1 aromatic heterocycles. The average Bonchev–Trinajstić information content (AvgIpc) is 1.88. The molecule has 2 nitrogen and oxygen atoms in total. The zero-order chi connectivity index (χ0) is 7.61. The van der Waals surface area contributed by atoms with Gasteiger partial charge in [0.25, 0.3) is 0 Å². The Balaban J connectivity index is 2.97. The van der Waals surface area contributed by atoms with Crippen LogP contribution in [0.2, 0.25) is 0 Å². The summed E-state index contributed by atoms with van der Waals surface area (Å²) < 4.78 is -1.46. The monoisotopic (exact) mass is 196 g/mol. The van der Waals surface area contributed by atoms with E-state index >= 15 is 0 Å². The molecular formula is C5H3Cl3N2. The average molecular weight is 197 g/mol. The van der Waals surface area contributed by atoms with E-state index in [0.717, 1.165) is 0 Å². The molecule has 1 heterocycles. The second-order valence-electron chi connectivity index (χ2n) is 1.59. The normalized spacial score (nSPS) is 11.5. The van der Waals surface area contributed by atoms with Crippen molar-refractivity contribution >= 4 is 34.8 Å². The molecule has 0 unspecified atom stereocenters. The fourth-order valence-corrected chi connectivity index (χ4v) is 0.738. The summed E-state index contributed by atoms with van der Waals surface area (Å²) in [5.74, 6) is 0. The van der Waals surface area contributed by atoms with Gasteiger partial charge in [0.05, 0.1) is 6.20 Å². The Morgan fingerprint density at radius 3 is 2.20 bits per heavy atom. The minimum absolute atomic E-state index is 0.333. The molecule has 1 rings (SSSR count). The van der Waals surface area contributed by atoms with Gasteiger partial charge in [0.2, 0.25) is 3.79 Å². The van der Waals surface area contributed by atoms with Crippen molar-refractivity contribution in [3.8, 4) is 0 Å². The van der Waals surface area contributed by atoms with Crippen LogP contribution < -0.4 is 0 Å². The molecule has 10 heavy (non-hydrogen) atoms. The van der Waals surface area contributed by atoms with Crippen LogP contribution in [0.25, 0.3) is 0 Å². The Hall–Kier alpha value is -0.0500. The van der Waals surface area contributed by atoms with Crippen LogP contribution >= 0.6 is 34.8 Å². The fourth-order valence-electron chi connectivity index (χ4n) is 0.445. The third-order valence-corrected chi connectivity index (χ3v) is 1.43. The molecule has 0 N–H and O–H groups in total. The van der Waals surface area contributed by atoms with E-state index in [1.165, 1.54) is 18.6 Å². The number of hydrogen-bond acceptors (Lipinski definition) is 2. The molecule has 0 aliphatic carbocycles. The summed E-state index contributed by atoms with van der Waals surface area (Å²) in [6.45, 7) is 0. The quantitative estimate of drug-likeness (QED) is 0.597. The zero-order valence-electron chi connectivity index (χ0n) is 4.76. The molecule has 1 aromatic rings. The summed E-state index contributed by atoms with van der Waals surface area (Å²) >= 11 is 16.5. The van der Waals surface area contributed by atoms with Crippen molar-refractivity contribution in [2.75, 3.05) is 0 Å². The Bertz CT molecular complexity index is 206. The van der Waals surface area contributed by atoms with Gasteiger partial charge in [-0.1, -0.05) is 34.8 Å². The summed E-state index contributed by atoms with van der Waals surface area (Å²) in [5, 5.41) is 0. The number of alkyl halides is 3. The van der Waals surface area contributed by atoms with Gasteiger partial charge in [-0.3, -0.25) is 9.97 Å². The van der Waals surface area contributed by atoms with E-state index < -0.39 is 3.79 Å². The summed E-state index contributed by atoms with van der Waals surface area (Å²) in [7, 11) is 0.